The molecule has 0 bridgehead atoms. The predicted octanol–water partition coefficient (Wildman–Crippen LogP) is -0.210. The van der Waals surface area contributed by atoms with E-state index in [4.69, 9.17) is 0 Å². The molecule has 2 saturated heterocycles. The lowest BCUT2D eigenvalue weighted by Crippen LogP contribution is -2.49. The molecule has 4 rings (SSSR count). The highest BCUT2D eigenvalue weighted by atomic mass is 16.2. The van der Waals surface area contributed by atoms with Crippen molar-refractivity contribution in [2.24, 2.45) is 0 Å². The summed E-state index contributed by atoms with van der Waals surface area (Å²) in [6.45, 7) is 9.80. The Bertz CT molecular complexity index is 781. The van der Waals surface area contributed by atoms with Crippen molar-refractivity contribution in [2.45, 2.75) is 32.7 Å². The summed E-state index contributed by atoms with van der Waals surface area (Å²) in [4.78, 5) is 25.9. The third kappa shape index (κ3) is 3.36. The van der Waals surface area contributed by atoms with Crippen molar-refractivity contribution in [3.05, 3.63) is 23.3 Å². The van der Waals surface area contributed by atoms with E-state index in [2.05, 4.69) is 25.3 Å². The second kappa shape index (κ2) is 6.68. The quantitative estimate of drug-likeness (QED) is 0.831. The van der Waals surface area contributed by atoms with Crippen LogP contribution in [-0.2, 0) is 11.2 Å². The van der Waals surface area contributed by atoms with Gasteiger partial charge in [-0.3, -0.25) is 9.69 Å². The molecule has 2 aromatic heterocycles. The fraction of sp³-hybridized carbons (Fsp3) is 0.647. The van der Waals surface area contributed by atoms with Gasteiger partial charge in [-0.2, -0.15) is 4.98 Å². The molecule has 0 saturated carbocycles. The second-order valence-electron chi connectivity index (χ2n) is 7.02. The van der Waals surface area contributed by atoms with E-state index in [1.165, 1.54) is 0 Å². The molecule has 25 heavy (non-hydrogen) atoms. The summed E-state index contributed by atoms with van der Waals surface area (Å²) in [5, 5.41) is 7.83. The van der Waals surface area contributed by atoms with Gasteiger partial charge in [0.05, 0.1) is 6.42 Å². The molecule has 0 aliphatic carbocycles. The lowest BCUT2D eigenvalue weighted by molar-refractivity contribution is -0.129. The summed E-state index contributed by atoms with van der Waals surface area (Å²) < 4.78 is 1.71. The maximum Gasteiger partial charge on any atom is 0.252 e. The normalized spacial score (nSPS) is 22.0. The Morgan fingerprint density at radius 3 is 2.84 bits per heavy atom. The number of fused-ring (bicyclic) bond motifs is 1. The highest BCUT2D eigenvalue weighted by Gasteiger charge is 2.31. The molecule has 1 unspecified atom stereocenters. The van der Waals surface area contributed by atoms with Crippen LogP contribution >= 0.6 is 0 Å². The summed E-state index contributed by atoms with van der Waals surface area (Å²) in [5.74, 6) is 1.24. The van der Waals surface area contributed by atoms with E-state index in [9.17, 15) is 4.79 Å². The molecule has 8 nitrogen and oxygen atoms in total. The van der Waals surface area contributed by atoms with E-state index in [0.717, 1.165) is 57.1 Å². The van der Waals surface area contributed by atoms with Crippen LogP contribution in [-0.4, -0.2) is 80.6 Å². The smallest absolute Gasteiger partial charge is 0.252 e. The van der Waals surface area contributed by atoms with Gasteiger partial charge in [-0.15, -0.1) is 5.10 Å². The molecule has 1 amide bonds. The standard InChI is InChI=1S/C17H25N7O/c1-12-9-13(2)24-17(19-12)20-15(21-24)10-16(25)23-6-3-14(11-23)22-7-4-18-5-8-22/h9,14,18H,3-8,10-11H2,1-2H3. The molecular formula is C17H25N7O. The van der Waals surface area contributed by atoms with Crippen molar-refractivity contribution < 1.29 is 4.79 Å². The van der Waals surface area contributed by atoms with Crippen LogP contribution in [0.4, 0.5) is 0 Å². The molecule has 2 aliphatic rings. The molecule has 1 N–H and O–H groups in total. The van der Waals surface area contributed by atoms with Gasteiger partial charge in [-0.25, -0.2) is 9.50 Å². The topological polar surface area (TPSA) is 78.7 Å². The lowest BCUT2D eigenvalue weighted by atomic mass is 10.2. The van der Waals surface area contributed by atoms with Gasteiger partial charge in [-0.1, -0.05) is 0 Å². The minimum atomic E-state index is 0.114. The summed E-state index contributed by atoms with van der Waals surface area (Å²) in [7, 11) is 0. The van der Waals surface area contributed by atoms with E-state index < -0.39 is 0 Å². The molecule has 0 spiro atoms. The summed E-state index contributed by atoms with van der Waals surface area (Å²) in [6, 6.07) is 2.46. The maximum absolute atomic E-state index is 12.7. The van der Waals surface area contributed by atoms with Crippen LogP contribution in [0.1, 0.15) is 23.6 Å². The number of hydrogen-bond donors (Lipinski definition) is 1. The Balaban J connectivity index is 1.41. The van der Waals surface area contributed by atoms with Crippen LogP contribution in [0.25, 0.3) is 5.78 Å². The van der Waals surface area contributed by atoms with Crippen molar-refractivity contribution in [3.8, 4) is 0 Å². The number of carbonyl (C=O) groups is 1. The monoisotopic (exact) mass is 343 g/mol. The van der Waals surface area contributed by atoms with Crippen molar-refractivity contribution in [1.82, 2.24) is 34.7 Å². The second-order valence-corrected chi connectivity index (χ2v) is 7.02. The summed E-state index contributed by atoms with van der Waals surface area (Å²) in [6.07, 6.45) is 1.31. The Hall–Kier alpha value is -2.06. The minimum absolute atomic E-state index is 0.114. The van der Waals surface area contributed by atoms with Gasteiger partial charge in [-0.05, 0) is 26.3 Å². The predicted molar refractivity (Wildman–Crippen MR) is 93.4 cm³/mol. The van der Waals surface area contributed by atoms with Crippen LogP contribution in [0.15, 0.2) is 6.07 Å². The molecule has 134 valence electrons. The Labute approximate surface area is 147 Å². The number of aromatic nitrogens is 4. The summed E-state index contributed by atoms with van der Waals surface area (Å²) >= 11 is 0. The number of nitrogens with zero attached hydrogens (tertiary/aromatic N) is 6. The fourth-order valence-corrected chi connectivity index (χ4v) is 3.84. The zero-order valence-electron chi connectivity index (χ0n) is 14.9. The largest absolute Gasteiger partial charge is 0.341 e. The molecule has 2 fully saturated rings. The van der Waals surface area contributed by atoms with Gasteiger partial charge < -0.3 is 10.2 Å². The van der Waals surface area contributed by atoms with Gasteiger partial charge >= 0.3 is 0 Å². The first kappa shape index (κ1) is 16.4. The number of nitrogens with one attached hydrogen (secondary N) is 1. The number of piperazine rings is 1. The van der Waals surface area contributed by atoms with Crippen molar-refractivity contribution in [1.29, 1.82) is 0 Å². The molecular weight excluding hydrogens is 318 g/mol. The lowest BCUT2D eigenvalue weighted by Gasteiger charge is -2.32. The first-order valence-corrected chi connectivity index (χ1v) is 9.02. The third-order valence-corrected chi connectivity index (χ3v) is 5.16. The molecule has 0 aromatic carbocycles. The third-order valence-electron chi connectivity index (χ3n) is 5.16. The number of rotatable bonds is 3. The Morgan fingerprint density at radius 2 is 2.04 bits per heavy atom. The number of likely N-dealkylation sites (tertiary alicyclic amines) is 1. The van der Waals surface area contributed by atoms with Crippen molar-refractivity contribution >= 4 is 11.7 Å². The Morgan fingerprint density at radius 1 is 1.24 bits per heavy atom. The number of hydrogen-bond acceptors (Lipinski definition) is 6. The van der Waals surface area contributed by atoms with Crippen LogP contribution < -0.4 is 5.32 Å². The molecule has 2 aromatic rings. The molecule has 4 heterocycles. The highest BCUT2D eigenvalue weighted by Crippen LogP contribution is 2.17. The minimum Gasteiger partial charge on any atom is -0.341 e. The first-order valence-electron chi connectivity index (χ1n) is 9.02. The van der Waals surface area contributed by atoms with E-state index in [-0.39, 0.29) is 12.3 Å². The molecule has 0 radical (unpaired) electrons. The van der Waals surface area contributed by atoms with Crippen molar-refractivity contribution in [2.75, 3.05) is 39.3 Å². The number of carbonyl (C=O) groups excluding carboxylic acids is 1. The zero-order chi connectivity index (χ0) is 17.4. The van der Waals surface area contributed by atoms with E-state index in [1.54, 1.807) is 4.52 Å². The SMILES string of the molecule is Cc1cc(C)n2nc(CC(=O)N3CCC(N4CCNCC4)C3)nc2n1. The molecule has 2 aliphatic heterocycles. The molecule has 1 atom stereocenters. The fourth-order valence-electron chi connectivity index (χ4n) is 3.84. The first-order chi connectivity index (χ1) is 12.1. The average molecular weight is 343 g/mol. The van der Waals surface area contributed by atoms with Crippen LogP contribution in [0, 0.1) is 13.8 Å². The van der Waals surface area contributed by atoms with Gasteiger partial charge in [0.15, 0.2) is 5.82 Å². The molecule has 8 heteroatoms. The van der Waals surface area contributed by atoms with Gasteiger partial charge in [0, 0.05) is 56.7 Å². The van der Waals surface area contributed by atoms with Crippen LogP contribution in [0.5, 0.6) is 0 Å². The van der Waals surface area contributed by atoms with Gasteiger partial charge in [0.25, 0.3) is 5.78 Å². The van der Waals surface area contributed by atoms with Gasteiger partial charge in [0.2, 0.25) is 5.91 Å². The van der Waals surface area contributed by atoms with Crippen LogP contribution in [0.2, 0.25) is 0 Å². The highest BCUT2D eigenvalue weighted by molar-refractivity contribution is 5.78. The zero-order valence-corrected chi connectivity index (χ0v) is 14.9. The number of aryl methyl sites for hydroxylation is 2. The summed E-state index contributed by atoms with van der Waals surface area (Å²) in [5.41, 5.74) is 1.89. The maximum atomic E-state index is 12.7. The van der Waals surface area contributed by atoms with E-state index in [1.807, 2.05) is 24.8 Å². The Kier molecular flexibility index (Phi) is 4.39. The van der Waals surface area contributed by atoms with E-state index >= 15 is 0 Å². The average Bonchev–Trinajstić information content (AvgIpc) is 3.22. The van der Waals surface area contributed by atoms with Crippen molar-refractivity contribution in [3.63, 3.8) is 0 Å². The van der Waals surface area contributed by atoms with Gasteiger partial charge in [0.1, 0.15) is 0 Å². The van der Waals surface area contributed by atoms with Crippen LogP contribution in [0.3, 0.4) is 0 Å². The number of amides is 1. The van der Waals surface area contributed by atoms with E-state index in [0.29, 0.717) is 17.6 Å².